The number of hydrogen-bond acceptors (Lipinski definition) is 5. The molecule has 0 bridgehead atoms. The van der Waals surface area contributed by atoms with Crippen LogP contribution in [0.25, 0.3) is 27.8 Å². The molecule has 4 heterocycles. The van der Waals surface area contributed by atoms with E-state index in [0.717, 1.165) is 56.4 Å². The van der Waals surface area contributed by atoms with Crippen molar-refractivity contribution in [2.45, 2.75) is 47.8 Å². The Bertz CT molecular complexity index is 1640. The number of aromatic nitrogens is 4. The predicted molar refractivity (Wildman–Crippen MR) is 140 cm³/mol. The third-order valence-electron chi connectivity index (χ3n) is 7.05. The van der Waals surface area contributed by atoms with Gasteiger partial charge in [0.15, 0.2) is 17.1 Å². The van der Waals surface area contributed by atoms with Crippen molar-refractivity contribution in [3.8, 4) is 22.6 Å². The van der Waals surface area contributed by atoms with Crippen molar-refractivity contribution >= 4 is 16.7 Å². The molecule has 1 aliphatic rings. The first-order valence-electron chi connectivity index (χ1n) is 12.2. The summed E-state index contributed by atoms with van der Waals surface area (Å²) in [7, 11) is 1.72. The summed E-state index contributed by atoms with van der Waals surface area (Å²) in [5, 5.41) is 6.12. The van der Waals surface area contributed by atoms with Gasteiger partial charge < -0.3 is 18.8 Å². The molecule has 5 aromatic rings. The van der Waals surface area contributed by atoms with Crippen molar-refractivity contribution in [3.05, 3.63) is 75.7 Å². The summed E-state index contributed by atoms with van der Waals surface area (Å²) in [6.45, 7) is 12.0. The highest BCUT2D eigenvalue weighted by Gasteiger charge is 2.23. The van der Waals surface area contributed by atoms with Gasteiger partial charge in [-0.05, 0) is 75.1 Å². The highest BCUT2D eigenvalue weighted by molar-refractivity contribution is 5.90. The molecule has 7 heteroatoms. The van der Waals surface area contributed by atoms with Crippen LogP contribution in [0.5, 0.6) is 11.5 Å². The summed E-state index contributed by atoms with van der Waals surface area (Å²) < 4.78 is 21.0. The second-order valence-electron chi connectivity index (χ2n) is 9.75. The average molecular weight is 483 g/mol. The fourth-order valence-electron chi connectivity index (χ4n) is 5.60. The molecule has 0 amide bonds. The van der Waals surface area contributed by atoms with Crippen LogP contribution in [0, 0.1) is 34.6 Å². The Hall–Kier alpha value is -3.84. The first kappa shape index (κ1) is 22.6. The largest absolute Gasteiger partial charge is 0.454 e. The van der Waals surface area contributed by atoms with Crippen LogP contribution in [-0.2, 0) is 17.9 Å². The zero-order valence-electron chi connectivity index (χ0n) is 21.6. The number of hydrogen-bond donors (Lipinski definition) is 0. The Kier molecular flexibility index (Phi) is 5.26. The molecular weight excluding hydrogens is 452 g/mol. The van der Waals surface area contributed by atoms with Crippen LogP contribution in [-0.4, -0.2) is 33.1 Å². The van der Waals surface area contributed by atoms with Crippen LogP contribution < -0.4 is 9.47 Å². The highest BCUT2D eigenvalue weighted by Crippen LogP contribution is 2.37. The van der Waals surface area contributed by atoms with Crippen molar-refractivity contribution in [2.24, 2.45) is 0 Å². The number of fused-ring (bicyclic) bond motifs is 4. The maximum atomic E-state index is 5.63. The number of benzene rings is 2. The number of methoxy groups -OCH3 is 1. The molecule has 36 heavy (non-hydrogen) atoms. The molecule has 0 N–H and O–H groups in total. The van der Waals surface area contributed by atoms with Crippen molar-refractivity contribution in [1.29, 1.82) is 0 Å². The van der Waals surface area contributed by atoms with E-state index in [9.17, 15) is 0 Å². The number of nitrogens with zero attached hydrogens (tertiary/aromatic N) is 4. The van der Waals surface area contributed by atoms with E-state index in [-0.39, 0.29) is 6.79 Å². The van der Waals surface area contributed by atoms with Crippen molar-refractivity contribution in [2.75, 3.05) is 13.9 Å². The minimum atomic E-state index is 0.263. The van der Waals surface area contributed by atoms with E-state index in [2.05, 4.69) is 69.5 Å². The zero-order valence-corrected chi connectivity index (χ0v) is 21.6. The van der Waals surface area contributed by atoms with Crippen LogP contribution in [0.3, 0.4) is 0 Å². The zero-order chi connectivity index (χ0) is 25.1. The van der Waals surface area contributed by atoms with E-state index in [0.29, 0.717) is 13.2 Å². The number of ether oxygens (including phenoxy) is 3. The van der Waals surface area contributed by atoms with Crippen LogP contribution >= 0.6 is 0 Å². The third kappa shape index (κ3) is 3.45. The Morgan fingerprint density at radius 1 is 0.889 bits per heavy atom. The molecule has 2 aromatic carbocycles. The second-order valence-corrected chi connectivity index (χ2v) is 9.75. The van der Waals surface area contributed by atoms with Gasteiger partial charge in [-0.25, -0.2) is 4.98 Å². The van der Waals surface area contributed by atoms with Crippen LogP contribution in [0.15, 0.2) is 36.4 Å². The van der Waals surface area contributed by atoms with Crippen molar-refractivity contribution < 1.29 is 14.2 Å². The van der Waals surface area contributed by atoms with Gasteiger partial charge in [-0.2, -0.15) is 9.61 Å². The molecule has 7 nitrogen and oxygen atoms in total. The minimum absolute atomic E-state index is 0.263. The van der Waals surface area contributed by atoms with Crippen LogP contribution in [0.4, 0.5) is 0 Å². The first-order chi connectivity index (χ1) is 17.4. The van der Waals surface area contributed by atoms with Gasteiger partial charge >= 0.3 is 0 Å². The SMILES string of the molecule is COCc1cc2c(C)nc3c(-c4c(C)cc(C)cc4C)c(C)nn3c2n1Cc1ccc2c(c1)OCO2. The Morgan fingerprint density at radius 3 is 2.39 bits per heavy atom. The molecule has 0 unspecified atom stereocenters. The van der Waals surface area contributed by atoms with Gasteiger partial charge in [0.05, 0.1) is 23.6 Å². The summed E-state index contributed by atoms with van der Waals surface area (Å²) in [5.41, 5.74) is 12.1. The lowest BCUT2D eigenvalue weighted by Crippen LogP contribution is -2.09. The molecule has 0 saturated heterocycles. The first-order valence-corrected chi connectivity index (χ1v) is 12.2. The molecule has 0 aliphatic carbocycles. The minimum Gasteiger partial charge on any atom is -0.454 e. The average Bonchev–Trinajstić information content (AvgIpc) is 3.51. The smallest absolute Gasteiger partial charge is 0.231 e. The predicted octanol–water partition coefficient (Wildman–Crippen LogP) is 5.82. The van der Waals surface area contributed by atoms with Gasteiger partial charge in [0.1, 0.15) is 5.65 Å². The fourth-order valence-corrected chi connectivity index (χ4v) is 5.60. The molecule has 0 radical (unpaired) electrons. The van der Waals surface area contributed by atoms with E-state index in [1.165, 1.54) is 22.3 Å². The maximum Gasteiger partial charge on any atom is 0.231 e. The molecular formula is C29H30N4O3. The van der Waals surface area contributed by atoms with Gasteiger partial charge in [0.2, 0.25) is 6.79 Å². The molecule has 0 saturated carbocycles. The van der Waals surface area contributed by atoms with E-state index in [4.69, 9.17) is 24.3 Å². The van der Waals surface area contributed by atoms with Crippen molar-refractivity contribution in [3.63, 3.8) is 0 Å². The summed E-state index contributed by atoms with van der Waals surface area (Å²) >= 11 is 0. The lowest BCUT2D eigenvalue weighted by Gasteiger charge is -2.13. The number of rotatable bonds is 5. The molecule has 0 fully saturated rings. The molecule has 0 spiro atoms. The number of aryl methyl sites for hydroxylation is 5. The van der Waals surface area contributed by atoms with Gasteiger partial charge in [-0.1, -0.05) is 23.8 Å². The molecule has 6 rings (SSSR count). The quantitative estimate of drug-likeness (QED) is 0.316. The normalized spacial score (nSPS) is 12.8. The second kappa shape index (κ2) is 8.38. The molecule has 0 atom stereocenters. The maximum absolute atomic E-state index is 5.63. The third-order valence-corrected chi connectivity index (χ3v) is 7.05. The van der Waals surface area contributed by atoms with Gasteiger partial charge in [-0.15, -0.1) is 0 Å². The van der Waals surface area contributed by atoms with E-state index >= 15 is 0 Å². The van der Waals surface area contributed by atoms with E-state index in [1.54, 1.807) is 7.11 Å². The van der Waals surface area contributed by atoms with Crippen molar-refractivity contribution in [1.82, 2.24) is 19.2 Å². The lowest BCUT2D eigenvalue weighted by molar-refractivity contribution is 0.174. The van der Waals surface area contributed by atoms with Gasteiger partial charge in [-0.3, -0.25) is 0 Å². The molecule has 184 valence electrons. The Labute approximate surface area is 210 Å². The topological polar surface area (TPSA) is 62.8 Å². The summed E-state index contributed by atoms with van der Waals surface area (Å²) in [4.78, 5) is 5.08. The van der Waals surface area contributed by atoms with E-state index in [1.807, 2.05) is 10.6 Å². The summed E-state index contributed by atoms with van der Waals surface area (Å²) in [6.07, 6.45) is 0. The van der Waals surface area contributed by atoms with Crippen LogP contribution in [0.1, 0.15) is 39.3 Å². The van der Waals surface area contributed by atoms with Crippen LogP contribution in [0.2, 0.25) is 0 Å². The monoisotopic (exact) mass is 482 g/mol. The fraction of sp³-hybridized carbons (Fsp3) is 0.310. The molecule has 1 aliphatic heterocycles. The highest BCUT2D eigenvalue weighted by atomic mass is 16.7. The standard InChI is InChI=1S/C29H30N4O3/c1-16-9-17(2)26(18(3)10-16)27-20(5)31-33-28(27)30-19(4)23-12-22(14-34-6)32(29(23)33)13-21-7-8-24-25(11-21)36-15-35-24/h7-12H,13-15H2,1-6H3. The Morgan fingerprint density at radius 2 is 1.64 bits per heavy atom. The van der Waals surface area contributed by atoms with E-state index < -0.39 is 0 Å². The van der Waals surface area contributed by atoms with Gasteiger partial charge in [0, 0.05) is 24.7 Å². The summed E-state index contributed by atoms with van der Waals surface area (Å²) in [5.74, 6) is 1.56. The van der Waals surface area contributed by atoms with Gasteiger partial charge in [0.25, 0.3) is 0 Å². The lowest BCUT2D eigenvalue weighted by atomic mass is 9.94. The molecule has 3 aromatic heterocycles. The summed E-state index contributed by atoms with van der Waals surface area (Å²) in [6, 6.07) is 12.7. The Balaban J connectivity index is 1.61.